The molecule has 0 aliphatic carbocycles. The fourth-order valence-corrected chi connectivity index (χ4v) is 1.87. The van der Waals surface area contributed by atoms with Crippen molar-refractivity contribution in [2.75, 3.05) is 26.7 Å². The van der Waals surface area contributed by atoms with Gasteiger partial charge >= 0.3 is 0 Å². The first-order valence-electron chi connectivity index (χ1n) is 6.39. The number of likely N-dealkylation sites (N-methyl/N-ethyl adjacent to an activating group) is 1. The fourth-order valence-electron chi connectivity index (χ4n) is 1.87. The first-order valence-corrected chi connectivity index (χ1v) is 6.39. The second-order valence-corrected chi connectivity index (χ2v) is 5.89. The highest BCUT2D eigenvalue weighted by Gasteiger charge is 2.24. The maximum atomic E-state index is 5.26. The van der Waals surface area contributed by atoms with Crippen LogP contribution in [0.15, 0.2) is 10.6 Å². The second kappa shape index (κ2) is 5.20. The summed E-state index contributed by atoms with van der Waals surface area (Å²) in [4.78, 5) is 6.69. The van der Waals surface area contributed by atoms with Gasteiger partial charge in [0.1, 0.15) is 0 Å². The molecule has 1 unspecified atom stereocenters. The van der Waals surface area contributed by atoms with Gasteiger partial charge in [-0.05, 0) is 18.5 Å². The molecule has 18 heavy (non-hydrogen) atoms. The monoisotopic (exact) mass is 250 g/mol. The van der Waals surface area contributed by atoms with Crippen molar-refractivity contribution < 1.29 is 4.52 Å². The number of hydrogen-bond acceptors (Lipinski definition) is 5. The molecule has 1 atom stereocenters. The van der Waals surface area contributed by atoms with Gasteiger partial charge in [-0.15, -0.1) is 0 Å². The van der Waals surface area contributed by atoms with E-state index in [0.29, 0.717) is 5.89 Å². The summed E-state index contributed by atoms with van der Waals surface area (Å²) in [6.45, 7) is 9.31. The largest absolute Gasteiger partial charge is 0.335 e. The van der Waals surface area contributed by atoms with Crippen LogP contribution in [0.1, 0.15) is 38.5 Å². The van der Waals surface area contributed by atoms with Crippen LogP contribution in [0.4, 0.5) is 0 Å². The lowest BCUT2D eigenvalue weighted by Crippen LogP contribution is -2.44. The Bertz CT molecular complexity index is 419. The van der Waals surface area contributed by atoms with Crippen LogP contribution < -0.4 is 5.32 Å². The number of piperazine rings is 1. The van der Waals surface area contributed by atoms with Gasteiger partial charge in [-0.2, -0.15) is 4.98 Å². The molecular weight excluding hydrogens is 228 g/mol. The van der Waals surface area contributed by atoms with Gasteiger partial charge in [-0.1, -0.05) is 32.0 Å². The number of hydrogen-bond donors (Lipinski definition) is 1. The van der Waals surface area contributed by atoms with Crippen molar-refractivity contribution in [2.45, 2.75) is 26.8 Å². The molecule has 1 aliphatic rings. The Kier molecular flexibility index (Phi) is 3.82. The molecule has 5 heteroatoms. The maximum Gasteiger partial charge on any atom is 0.250 e. The molecule has 100 valence electrons. The van der Waals surface area contributed by atoms with Crippen LogP contribution in [-0.2, 0) is 0 Å². The van der Waals surface area contributed by atoms with Gasteiger partial charge in [0.2, 0.25) is 5.89 Å². The van der Waals surface area contributed by atoms with Gasteiger partial charge in [-0.3, -0.25) is 4.90 Å². The van der Waals surface area contributed by atoms with Crippen molar-refractivity contribution >= 4 is 6.08 Å². The van der Waals surface area contributed by atoms with E-state index in [4.69, 9.17) is 4.52 Å². The molecule has 0 bridgehead atoms. The van der Waals surface area contributed by atoms with E-state index in [9.17, 15) is 0 Å². The Labute approximate surface area is 108 Å². The molecule has 0 aromatic carbocycles. The summed E-state index contributed by atoms with van der Waals surface area (Å²) in [5, 5.41) is 7.42. The van der Waals surface area contributed by atoms with Crippen LogP contribution in [0.3, 0.4) is 0 Å². The van der Waals surface area contributed by atoms with Gasteiger partial charge in [0.25, 0.3) is 0 Å². The smallest absolute Gasteiger partial charge is 0.250 e. The third-order valence-corrected chi connectivity index (χ3v) is 2.99. The average molecular weight is 250 g/mol. The van der Waals surface area contributed by atoms with Gasteiger partial charge in [0.05, 0.1) is 6.04 Å². The molecule has 1 fully saturated rings. The van der Waals surface area contributed by atoms with Crippen LogP contribution in [0, 0.1) is 5.41 Å². The zero-order valence-corrected chi connectivity index (χ0v) is 11.6. The second-order valence-electron chi connectivity index (χ2n) is 5.89. The van der Waals surface area contributed by atoms with Gasteiger partial charge in [-0.25, -0.2) is 0 Å². The summed E-state index contributed by atoms with van der Waals surface area (Å²) >= 11 is 0. The maximum absolute atomic E-state index is 5.26. The van der Waals surface area contributed by atoms with E-state index >= 15 is 0 Å². The first-order chi connectivity index (χ1) is 8.46. The Morgan fingerprint density at radius 2 is 2.22 bits per heavy atom. The van der Waals surface area contributed by atoms with E-state index in [-0.39, 0.29) is 11.5 Å². The third kappa shape index (κ3) is 3.40. The third-order valence-electron chi connectivity index (χ3n) is 2.99. The minimum atomic E-state index is 0.123. The molecule has 1 aromatic heterocycles. The number of nitrogens with zero attached hydrogens (tertiary/aromatic N) is 3. The van der Waals surface area contributed by atoms with Gasteiger partial charge < -0.3 is 9.84 Å². The highest BCUT2D eigenvalue weighted by atomic mass is 16.5. The Morgan fingerprint density at radius 1 is 1.44 bits per heavy atom. The SMILES string of the molecule is CN1CCNCC1c1noc(/C=C/C(C)(C)C)n1. The van der Waals surface area contributed by atoms with Crippen molar-refractivity contribution in [3.8, 4) is 0 Å². The summed E-state index contributed by atoms with van der Waals surface area (Å²) in [5.41, 5.74) is 0.123. The van der Waals surface area contributed by atoms with Crippen LogP contribution >= 0.6 is 0 Å². The lowest BCUT2D eigenvalue weighted by molar-refractivity contribution is 0.190. The average Bonchev–Trinajstić information content (AvgIpc) is 2.75. The zero-order valence-electron chi connectivity index (χ0n) is 11.6. The van der Waals surface area contributed by atoms with Crippen LogP contribution in [0.25, 0.3) is 6.08 Å². The van der Waals surface area contributed by atoms with E-state index in [2.05, 4.69) is 54.3 Å². The van der Waals surface area contributed by atoms with Crippen molar-refractivity contribution in [2.24, 2.45) is 5.41 Å². The molecule has 0 saturated carbocycles. The molecular formula is C13H22N4O. The normalized spacial score (nSPS) is 22.8. The summed E-state index contributed by atoms with van der Waals surface area (Å²) in [7, 11) is 2.09. The van der Waals surface area contributed by atoms with Crippen molar-refractivity contribution in [3.05, 3.63) is 17.8 Å². The van der Waals surface area contributed by atoms with Gasteiger partial charge in [0, 0.05) is 19.6 Å². The lowest BCUT2D eigenvalue weighted by atomic mass is 9.96. The summed E-state index contributed by atoms with van der Waals surface area (Å²) < 4.78 is 5.26. The minimum Gasteiger partial charge on any atom is -0.335 e. The highest BCUT2D eigenvalue weighted by Crippen LogP contribution is 2.20. The quantitative estimate of drug-likeness (QED) is 0.866. The topological polar surface area (TPSA) is 54.2 Å². The van der Waals surface area contributed by atoms with E-state index in [0.717, 1.165) is 25.5 Å². The molecule has 2 rings (SSSR count). The summed E-state index contributed by atoms with van der Waals surface area (Å²) in [5.74, 6) is 1.34. The summed E-state index contributed by atoms with van der Waals surface area (Å²) in [6.07, 6.45) is 3.97. The number of nitrogens with one attached hydrogen (secondary N) is 1. The highest BCUT2D eigenvalue weighted by molar-refractivity contribution is 5.38. The van der Waals surface area contributed by atoms with Crippen LogP contribution in [-0.4, -0.2) is 41.7 Å². The molecule has 0 spiro atoms. The van der Waals surface area contributed by atoms with Gasteiger partial charge in [0.15, 0.2) is 5.82 Å². The number of aromatic nitrogens is 2. The minimum absolute atomic E-state index is 0.123. The predicted octanol–water partition coefficient (Wildman–Crippen LogP) is 1.70. The molecule has 1 aromatic rings. The molecule has 2 heterocycles. The molecule has 1 saturated heterocycles. The Balaban J connectivity index is 2.08. The summed E-state index contributed by atoms with van der Waals surface area (Å²) in [6, 6.07) is 0.208. The Morgan fingerprint density at radius 3 is 2.89 bits per heavy atom. The van der Waals surface area contributed by atoms with E-state index in [1.807, 2.05) is 6.08 Å². The Hall–Kier alpha value is -1.20. The fraction of sp³-hybridized carbons (Fsp3) is 0.692. The molecule has 0 radical (unpaired) electrons. The zero-order chi connectivity index (χ0) is 13.2. The number of allylic oxidation sites excluding steroid dienone is 1. The standard InChI is InChI=1S/C13H22N4O/c1-13(2,3)6-5-11-15-12(16-18-11)10-9-14-7-8-17(10)4/h5-6,10,14H,7-9H2,1-4H3/b6-5+. The van der Waals surface area contributed by atoms with E-state index in [1.165, 1.54) is 0 Å². The van der Waals surface area contributed by atoms with Crippen molar-refractivity contribution in [1.82, 2.24) is 20.4 Å². The molecule has 1 aliphatic heterocycles. The van der Waals surface area contributed by atoms with E-state index < -0.39 is 0 Å². The van der Waals surface area contributed by atoms with Crippen LogP contribution in [0.2, 0.25) is 0 Å². The van der Waals surface area contributed by atoms with Crippen molar-refractivity contribution in [3.63, 3.8) is 0 Å². The molecule has 5 nitrogen and oxygen atoms in total. The van der Waals surface area contributed by atoms with E-state index in [1.54, 1.807) is 0 Å². The lowest BCUT2D eigenvalue weighted by Gasteiger charge is -2.30. The first kappa shape index (κ1) is 13.2. The molecule has 1 N–H and O–H groups in total. The molecule has 0 amide bonds. The predicted molar refractivity (Wildman–Crippen MR) is 71.0 cm³/mol. The van der Waals surface area contributed by atoms with Crippen LogP contribution in [0.5, 0.6) is 0 Å². The van der Waals surface area contributed by atoms with Crippen molar-refractivity contribution in [1.29, 1.82) is 0 Å². The number of rotatable bonds is 2.